The fourth-order valence-electron chi connectivity index (χ4n) is 1.42. The molecule has 0 spiro atoms. The molecule has 0 saturated heterocycles. The molecule has 0 aliphatic carbocycles. The van der Waals surface area contributed by atoms with Gasteiger partial charge >= 0.3 is 6.18 Å². The van der Waals surface area contributed by atoms with Crippen LogP contribution in [0.5, 0.6) is 0 Å². The number of benzene rings is 1. The van der Waals surface area contributed by atoms with Gasteiger partial charge in [0.05, 0.1) is 18.1 Å². The van der Waals surface area contributed by atoms with Crippen LogP contribution in [-0.4, -0.2) is 24.4 Å². The van der Waals surface area contributed by atoms with Gasteiger partial charge in [0.2, 0.25) is 0 Å². The number of carbonyl (C=O) groups is 1. The van der Waals surface area contributed by atoms with Gasteiger partial charge in [-0.1, -0.05) is 0 Å². The highest BCUT2D eigenvalue weighted by Gasteiger charge is 2.34. The van der Waals surface area contributed by atoms with E-state index < -0.39 is 23.5 Å². The molecule has 0 aliphatic rings. The van der Waals surface area contributed by atoms with Crippen molar-refractivity contribution in [3.8, 4) is 6.07 Å². The Morgan fingerprint density at radius 1 is 1.42 bits per heavy atom. The molecule has 0 saturated carbocycles. The Hall–Kier alpha value is -2.10. The van der Waals surface area contributed by atoms with Crippen molar-refractivity contribution < 1.29 is 22.4 Å². The van der Waals surface area contributed by atoms with Crippen molar-refractivity contribution in [3.05, 3.63) is 35.1 Å². The molecule has 7 heteroatoms. The zero-order valence-corrected chi connectivity index (χ0v) is 9.96. The van der Waals surface area contributed by atoms with Gasteiger partial charge in [-0.3, -0.25) is 4.79 Å². The van der Waals surface area contributed by atoms with Crippen molar-refractivity contribution in [1.82, 2.24) is 4.90 Å². The van der Waals surface area contributed by atoms with E-state index in [0.29, 0.717) is 12.1 Å². The highest BCUT2D eigenvalue weighted by Crippen LogP contribution is 2.32. The molecular weight excluding hydrogens is 264 g/mol. The Bertz CT molecular complexity index is 519. The van der Waals surface area contributed by atoms with Crippen LogP contribution in [-0.2, 0) is 6.18 Å². The van der Waals surface area contributed by atoms with E-state index in [1.165, 1.54) is 7.05 Å². The Kier molecular flexibility index (Phi) is 4.48. The van der Waals surface area contributed by atoms with Crippen molar-refractivity contribution in [2.24, 2.45) is 0 Å². The lowest BCUT2D eigenvalue weighted by molar-refractivity contribution is -0.140. The third-order valence-corrected chi connectivity index (χ3v) is 2.42. The summed E-state index contributed by atoms with van der Waals surface area (Å²) in [6.45, 7) is 0.0913. The number of nitriles is 1. The average molecular weight is 274 g/mol. The van der Waals surface area contributed by atoms with Gasteiger partial charge < -0.3 is 4.90 Å². The summed E-state index contributed by atoms with van der Waals surface area (Å²) in [5.41, 5.74) is -1.75. The van der Waals surface area contributed by atoms with E-state index in [-0.39, 0.29) is 18.5 Å². The van der Waals surface area contributed by atoms with E-state index in [0.717, 1.165) is 11.0 Å². The van der Waals surface area contributed by atoms with Crippen molar-refractivity contribution in [2.75, 3.05) is 13.6 Å². The maximum Gasteiger partial charge on any atom is 0.419 e. The van der Waals surface area contributed by atoms with Gasteiger partial charge in [0, 0.05) is 19.2 Å². The van der Waals surface area contributed by atoms with E-state index in [9.17, 15) is 22.4 Å². The van der Waals surface area contributed by atoms with Gasteiger partial charge in [0.1, 0.15) is 5.82 Å². The zero-order chi connectivity index (χ0) is 14.6. The number of halogens is 4. The van der Waals surface area contributed by atoms with Gasteiger partial charge in [-0.05, 0) is 18.2 Å². The summed E-state index contributed by atoms with van der Waals surface area (Å²) in [5, 5.41) is 8.37. The van der Waals surface area contributed by atoms with Crippen LogP contribution in [0, 0.1) is 17.1 Å². The lowest BCUT2D eigenvalue weighted by atomic mass is 10.1. The first-order chi connectivity index (χ1) is 8.77. The molecular formula is C12H10F4N2O. The fraction of sp³-hybridized carbons (Fsp3) is 0.333. The topological polar surface area (TPSA) is 44.1 Å². The molecule has 1 aromatic rings. The summed E-state index contributed by atoms with van der Waals surface area (Å²) < 4.78 is 50.5. The smallest absolute Gasteiger partial charge is 0.341 e. The number of carbonyl (C=O) groups excluding carboxylic acids is 1. The van der Waals surface area contributed by atoms with Crippen LogP contribution < -0.4 is 0 Å². The third kappa shape index (κ3) is 3.68. The highest BCUT2D eigenvalue weighted by atomic mass is 19.4. The molecule has 102 valence electrons. The van der Waals surface area contributed by atoms with Gasteiger partial charge in [-0.2, -0.15) is 18.4 Å². The van der Waals surface area contributed by atoms with E-state index in [2.05, 4.69) is 0 Å². The second kappa shape index (κ2) is 5.69. The van der Waals surface area contributed by atoms with E-state index in [1.54, 1.807) is 0 Å². The molecule has 1 rings (SSSR count). The first kappa shape index (κ1) is 15.0. The Labute approximate surface area is 107 Å². The van der Waals surface area contributed by atoms with Gasteiger partial charge in [-0.15, -0.1) is 0 Å². The van der Waals surface area contributed by atoms with Crippen LogP contribution in [0.4, 0.5) is 17.6 Å². The first-order valence-electron chi connectivity index (χ1n) is 5.26. The SMILES string of the molecule is CN(CCC#N)C(=O)c1ccc(F)c(C(F)(F)F)c1. The molecule has 19 heavy (non-hydrogen) atoms. The zero-order valence-electron chi connectivity index (χ0n) is 9.96. The molecule has 0 radical (unpaired) electrons. The molecule has 1 amide bonds. The number of hydrogen-bond donors (Lipinski definition) is 0. The average Bonchev–Trinajstić information content (AvgIpc) is 2.34. The van der Waals surface area contributed by atoms with Crippen LogP contribution in [0.15, 0.2) is 18.2 Å². The van der Waals surface area contributed by atoms with E-state index in [4.69, 9.17) is 5.26 Å². The summed E-state index contributed by atoms with van der Waals surface area (Å²) >= 11 is 0. The Morgan fingerprint density at radius 2 is 2.05 bits per heavy atom. The van der Waals surface area contributed by atoms with Gasteiger partial charge in [0.25, 0.3) is 5.91 Å². The molecule has 0 bridgehead atoms. The Balaban J connectivity index is 3.03. The van der Waals surface area contributed by atoms with Gasteiger partial charge in [0.15, 0.2) is 0 Å². The molecule has 1 aromatic carbocycles. The first-order valence-corrected chi connectivity index (χ1v) is 5.26. The standard InChI is InChI=1S/C12H10F4N2O/c1-18(6-2-5-17)11(19)8-3-4-10(13)9(7-8)12(14,15)16/h3-4,7H,2,6H2,1H3. The largest absolute Gasteiger partial charge is 0.419 e. The normalized spacial score (nSPS) is 10.9. The van der Waals surface area contributed by atoms with Crippen LogP contribution in [0.25, 0.3) is 0 Å². The summed E-state index contributed by atoms with van der Waals surface area (Å²) in [6.07, 6.45) is -4.79. The third-order valence-electron chi connectivity index (χ3n) is 2.42. The van der Waals surface area contributed by atoms with Crippen LogP contribution in [0.1, 0.15) is 22.3 Å². The van der Waals surface area contributed by atoms with Crippen molar-refractivity contribution in [3.63, 3.8) is 0 Å². The lowest BCUT2D eigenvalue weighted by Crippen LogP contribution is -2.28. The minimum Gasteiger partial charge on any atom is -0.341 e. The summed E-state index contributed by atoms with van der Waals surface area (Å²) in [5.74, 6) is -2.12. The molecule has 0 fully saturated rings. The van der Waals surface area contributed by atoms with Crippen LogP contribution in [0.3, 0.4) is 0 Å². The highest BCUT2D eigenvalue weighted by molar-refractivity contribution is 5.94. The Morgan fingerprint density at radius 3 is 2.58 bits per heavy atom. The second-order valence-electron chi connectivity index (χ2n) is 3.83. The number of hydrogen-bond acceptors (Lipinski definition) is 2. The predicted molar refractivity (Wildman–Crippen MR) is 58.6 cm³/mol. The second-order valence-corrected chi connectivity index (χ2v) is 3.83. The maximum absolute atomic E-state index is 13.0. The molecule has 3 nitrogen and oxygen atoms in total. The minimum atomic E-state index is -4.86. The van der Waals surface area contributed by atoms with E-state index >= 15 is 0 Å². The summed E-state index contributed by atoms with van der Waals surface area (Å²) in [6, 6.07) is 3.88. The van der Waals surface area contributed by atoms with Crippen LogP contribution in [0.2, 0.25) is 0 Å². The fourth-order valence-corrected chi connectivity index (χ4v) is 1.42. The maximum atomic E-state index is 13.0. The molecule has 0 aromatic heterocycles. The number of nitrogens with zero attached hydrogens (tertiary/aromatic N) is 2. The molecule has 0 unspecified atom stereocenters. The van der Waals surface area contributed by atoms with Crippen LogP contribution >= 0.6 is 0 Å². The predicted octanol–water partition coefficient (Wildman–Crippen LogP) is 2.83. The molecule has 0 N–H and O–H groups in total. The monoisotopic (exact) mass is 274 g/mol. The van der Waals surface area contributed by atoms with E-state index in [1.807, 2.05) is 6.07 Å². The lowest BCUT2D eigenvalue weighted by Gasteiger charge is -2.16. The minimum absolute atomic E-state index is 0.0650. The van der Waals surface area contributed by atoms with Crippen molar-refractivity contribution in [1.29, 1.82) is 5.26 Å². The number of rotatable bonds is 3. The summed E-state index contributed by atoms with van der Waals surface area (Å²) in [4.78, 5) is 12.9. The quantitative estimate of drug-likeness (QED) is 0.795. The molecule has 0 aliphatic heterocycles. The number of amides is 1. The molecule has 0 heterocycles. The van der Waals surface area contributed by atoms with Gasteiger partial charge in [-0.25, -0.2) is 4.39 Å². The van der Waals surface area contributed by atoms with Crippen molar-refractivity contribution in [2.45, 2.75) is 12.6 Å². The van der Waals surface area contributed by atoms with Crippen molar-refractivity contribution >= 4 is 5.91 Å². The number of alkyl halides is 3. The molecule has 0 atom stereocenters. The summed E-state index contributed by atoms with van der Waals surface area (Å²) in [7, 11) is 1.36.